The van der Waals surface area contributed by atoms with Gasteiger partial charge in [0.05, 0.1) is 25.3 Å². The monoisotopic (exact) mass is 335 g/mol. The third-order valence-electron chi connectivity index (χ3n) is 5.68. The molecule has 1 aliphatic carbocycles. The van der Waals surface area contributed by atoms with Gasteiger partial charge in [0.15, 0.2) is 0 Å². The van der Waals surface area contributed by atoms with Crippen molar-refractivity contribution in [2.24, 2.45) is 16.7 Å². The molecular weight excluding hydrogens is 310 g/mol. The number of ether oxygens (including phenoxy) is 2. The Kier molecular flexibility index (Phi) is 4.78. The molecule has 0 unspecified atom stereocenters. The molecule has 0 spiro atoms. The van der Waals surface area contributed by atoms with E-state index in [1.165, 1.54) is 7.11 Å². The van der Waals surface area contributed by atoms with Gasteiger partial charge in [-0.05, 0) is 37.3 Å². The van der Waals surface area contributed by atoms with E-state index < -0.39 is 22.7 Å². The zero-order valence-corrected chi connectivity index (χ0v) is 14.8. The van der Waals surface area contributed by atoms with Gasteiger partial charge in [0.25, 0.3) is 0 Å². The summed E-state index contributed by atoms with van der Waals surface area (Å²) in [7, 11) is 3.07. The highest BCUT2D eigenvalue weighted by molar-refractivity contribution is 5.95. The number of hydrogen-bond donors (Lipinski definition) is 2. The second-order valence-electron chi connectivity index (χ2n) is 7.01. The number of amides is 1. The molecule has 6 nitrogen and oxygen atoms in total. The van der Waals surface area contributed by atoms with Crippen molar-refractivity contribution in [2.45, 2.75) is 33.6 Å². The summed E-state index contributed by atoms with van der Waals surface area (Å²) in [5.41, 5.74) is -1.07. The molecule has 1 saturated carbocycles. The number of carboxylic acid groups (broad SMARTS) is 1. The van der Waals surface area contributed by atoms with Crippen LogP contribution in [-0.4, -0.2) is 31.2 Å². The summed E-state index contributed by atoms with van der Waals surface area (Å²) >= 11 is 0. The van der Waals surface area contributed by atoms with Crippen LogP contribution in [0, 0.1) is 16.7 Å². The van der Waals surface area contributed by atoms with Crippen LogP contribution in [0.2, 0.25) is 0 Å². The normalized spacial score (nSPS) is 25.1. The minimum absolute atomic E-state index is 0.198. The molecule has 0 bridgehead atoms. The van der Waals surface area contributed by atoms with Crippen LogP contribution >= 0.6 is 0 Å². The minimum Gasteiger partial charge on any atom is -0.497 e. The smallest absolute Gasteiger partial charge is 0.309 e. The Morgan fingerprint density at radius 2 is 1.88 bits per heavy atom. The Labute approximate surface area is 142 Å². The third-order valence-corrected chi connectivity index (χ3v) is 5.68. The first kappa shape index (κ1) is 18.1. The third kappa shape index (κ3) is 2.81. The van der Waals surface area contributed by atoms with Gasteiger partial charge in [-0.15, -0.1) is 0 Å². The van der Waals surface area contributed by atoms with E-state index >= 15 is 0 Å². The highest BCUT2D eigenvalue weighted by atomic mass is 16.5. The first-order valence-electron chi connectivity index (χ1n) is 7.93. The van der Waals surface area contributed by atoms with Crippen molar-refractivity contribution < 1.29 is 24.2 Å². The fourth-order valence-electron chi connectivity index (χ4n) is 3.47. The summed E-state index contributed by atoms with van der Waals surface area (Å²) in [6.07, 6.45) is 1.01. The maximum atomic E-state index is 12.8. The number of hydrogen-bond acceptors (Lipinski definition) is 4. The van der Waals surface area contributed by atoms with E-state index in [2.05, 4.69) is 5.32 Å². The maximum Gasteiger partial charge on any atom is 0.309 e. The lowest BCUT2D eigenvalue weighted by Gasteiger charge is -2.37. The standard InChI is InChI=1S/C18H25NO5/c1-17(2)12(8-9-18(17,3)16(21)22)15(20)19-13-10-11(23-4)6-7-14(13)24-5/h6-7,10,12H,8-9H2,1-5H3,(H,19,20)(H,21,22)/t12-,18-/m0/s1. The molecule has 1 fully saturated rings. The van der Waals surface area contributed by atoms with Gasteiger partial charge in [-0.1, -0.05) is 13.8 Å². The van der Waals surface area contributed by atoms with Crippen LogP contribution in [0.15, 0.2) is 18.2 Å². The van der Waals surface area contributed by atoms with Gasteiger partial charge in [-0.25, -0.2) is 0 Å². The van der Waals surface area contributed by atoms with Crippen molar-refractivity contribution in [3.63, 3.8) is 0 Å². The molecule has 0 aliphatic heterocycles. The Morgan fingerprint density at radius 3 is 2.38 bits per heavy atom. The number of aliphatic carboxylic acids is 1. The Balaban J connectivity index is 2.27. The Morgan fingerprint density at radius 1 is 1.21 bits per heavy atom. The number of benzene rings is 1. The van der Waals surface area contributed by atoms with Gasteiger partial charge >= 0.3 is 5.97 Å². The Hall–Kier alpha value is -2.24. The van der Waals surface area contributed by atoms with Crippen molar-refractivity contribution in [2.75, 3.05) is 19.5 Å². The van der Waals surface area contributed by atoms with E-state index in [4.69, 9.17) is 9.47 Å². The topological polar surface area (TPSA) is 84.9 Å². The second kappa shape index (κ2) is 6.34. The average Bonchev–Trinajstić information content (AvgIpc) is 2.78. The molecule has 24 heavy (non-hydrogen) atoms. The summed E-state index contributed by atoms with van der Waals surface area (Å²) in [4.78, 5) is 24.5. The van der Waals surface area contributed by atoms with Crippen LogP contribution < -0.4 is 14.8 Å². The highest BCUT2D eigenvalue weighted by Gasteiger charge is 2.58. The van der Waals surface area contributed by atoms with Gasteiger partial charge in [-0.2, -0.15) is 0 Å². The molecular formula is C18H25NO5. The van der Waals surface area contributed by atoms with Crippen molar-refractivity contribution in [3.05, 3.63) is 18.2 Å². The molecule has 2 N–H and O–H groups in total. The zero-order chi connectivity index (χ0) is 18.1. The molecule has 0 saturated heterocycles. The van der Waals surface area contributed by atoms with Crippen molar-refractivity contribution in [1.82, 2.24) is 0 Å². The van der Waals surface area contributed by atoms with E-state index in [0.29, 0.717) is 30.0 Å². The number of carboxylic acids is 1. The predicted octanol–water partition coefficient (Wildman–Crippen LogP) is 3.17. The van der Waals surface area contributed by atoms with Crippen LogP contribution in [0.25, 0.3) is 0 Å². The van der Waals surface area contributed by atoms with Gasteiger partial charge in [0.1, 0.15) is 11.5 Å². The maximum absolute atomic E-state index is 12.8. The SMILES string of the molecule is COc1ccc(OC)c(NC(=O)[C@@H]2CC[C@@](C)(C(=O)O)C2(C)C)c1. The van der Waals surface area contributed by atoms with Gasteiger partial charge in [-0.3, -0.25) is 9.59 Å². The molecule has 132 valence electrons. The molecule has 2 atom stereocenters. The van der Waals surface area contributed by atoms with E-state index in [-0.39, 0.29) is 5.91 Å². The van der Waals surface area contributed by atoms with Gasteiger partial charge in [0, 0.05) is 12.0 Å². The molecule has 0 heterocycles. The molecule has 6 heteroatoms. The summed E-state index contributed by atoms with van der Waals surface area (Å²) in [5.74, 6) is -0.319. The van der Waals surface area contributed by atoms with Crippen LogP contribution in [0.4, 0.5) is 5.69 Å². The predicted molar refractivity (Wildman–Crippen MR) is 90.4 cm³/mol. The number of nitrogens with one attached hydrogen (secondary N) is 1. The number of methoxy groups -OCH3 is 2. The molecule has 1 aromatic rings. The minimum atomic E-state index is -0.923. The quantitative estimate of drug-likeness (QED) is 0.863. The number of carbonyl (C=O) groups is 2. The van der Waals surface area contributed by atoms with Crippen LogP contribution in [0.3, 0.4) is 0 Å². The molecule has 2 rings (SSSR count). The summed E-state index contributed by atoms with van der Waals surface area (Å²) in [6, 6.07) is 5.15. The van der Waals surface area contributed by atoms with E-state index in [0.717, 1.165) is 0 Å². The van der Waals surface area contributed by atoms with Crippen molar-refractivity contribution >= 4 is 17.6 Å². The Bertz CT molecular complexity index is 655. The average molecular weight is 335 g/mol. The molecule has 1 aliphatic rings. The molecule has 1 aromatic carbocycles. The van der Waals surface area contributed by atoms with E-state index in [9.17, 15) is 14.7 Å². The molecule has 0 aromatic heterocycles. The van der Waals surface area contributed by atoms with Gasteiger partial charge < -0.3 is 19.9 Å². The van der Waals surface area contributed by atoms with E-state index in [1.54, 1.807) is 32.2 Å². The van der Waals surface area contributed by atoms with Crippen LogP contribution in [0.5, 0.6) is 11.5 Å². The highest BCUT2D eigenvalue weighted by Crippen LogP contribution is 2.56. The summed E-state index contributed by atoms with van der Waals surface area (Å²) in [6.45, 7) is 5.41. The zero-order valence-electron chi connectivity index (χ0n) is 14.8. The lowest BCUT2D eigenvalue weighted by atomic mass is 9.65. The van der Waals surface area contributed by atoms with Crippen molar-refractivity contribution in [1.29, 1.82) is 0 Å². The van der Waals surface area contributed by atoms with Crippen molar-refractivity contribution in [3.8, 4) is 11.5 Å². The van der Waals surface area contributed by atoms with E-state index in [1.807, 2.05) is 13.8 Å². The number of rotatable bonds is 5. The van der Waals surface area contributed by atoms with Crippen LogP contribution in [-0.2, 0) is 9.59 Å². The number of anilines is 1. The van der Waals surface area contributed by atoms with Gasteiger partial charge in [0.2, 0.25) is 5.91 Å². The lowest BCUT2D eigenvalue weighted by Crippen LogP contribution is -2.43. The fraction of sp³-hybridized carbons (Fsp3) is 0.556. The first-order chi connectivity index (χ1) is 11.2. The second-order valence-corrected chi connectivity index (χ2v) is 7.01. The first-order valence-corrected chi connectivity index (χ1v) is 7.93. The van der Waals surface area contributed by atoms with Crippen LogP contribution in [0.1, 0.15) is 33.6 Å². The number of carbonyl (C=O) groups excluding carboxylic acids is 1. The summed E-state index contributed by atoms with van der Waals surface area (Å²) in [5, 5.41) is 12.5. The largest absolute Gasteiger partial charge is 0.497 e. The molecule has 0 radical (unpaired) electrons. The lowest BCUT2D eigenvalue weighted by molar-refractivity contribution is -0.154. The summed E-state index contributed by atoms with van der Waals surface area (Å²) < 4.78 is 10.5. The molecule has 1 amide bonds. The fourth-order valence-corrected chi connectivity index (χ4v) is 3.47.